The van der Waals surface area contributed by atoms with Crippen molar-refractivity contribution in [3.05, 3.63) is 30.3 Å². The van der Waals surface area contributed by atoms with Gasteiger partial charge in [-0.3, -0.25) is 9.59 Å². The van der Waals surface area contributed by atoms with Gasteiger partial charge in [-0.1, -0.05) is 18.2 Å². The van der Waals surface area contributed by atoms with E-state index in [1.807, 2.05) is 42.2 Å². The van der Waals surface area contributed by atoms with Gasteiger partial charge in [0.25, 0.3) is 5.91 Å². The van der Waals surface area contributed by atoms with Crippen LogP contribution >= 0.6 is 0 Å². The monoisotopic (exact) mass is 313 g/mol. The number of nitrogens with zero attached hydrogens (tertiary/aromatic N) is 3. The molecule has 1 atom stereocenters. The number of piperidine rings is 1. The first-order chi connectivity index (χ1) is 11.2. The molecular formula is C18H23N3O2. The average Bonchev–Trinajstić information content (AvgIpc) is 2.88. The van der Waals surface area contributed by atoms with Gasteiger partial charge in [-0.15, -0.1) is 0 Å². The van der Waals surface area contributed by atoms with Gasteiger partial charge in [-0.25, -0.2) is 5.01 Å². The minimum atomic E-state index is -0.274. The molecule has 1 fully saturated rings. The summed E-state index contributed by atoms with van der Waals surface area (Å²) in [5, 5.41) is 5.85. The largest absolute Gasteiger partial charge is 0.343 e. The Hall–Kier alpha value is -2.17. The molecule has 2 heterocycles. The van der Waals surface area contributed by atoms with Crippen LogP contribution in [0.4, 0.5) is 5.69 Å². The normalized spacial score (nSPS) is 21.5. The van der Waals surface area contributed by atoms with E-state index in [1.165, 1.54) is 11.4 Å². The van der Waals surface area contributed by atoms with Gasteiger partial charge in [-0.05, 0) is 44.7 Å². The summed E-state index contributed by atoms with van der Waals surface area (Å²) in [4.78, 5) is 26.8. The number of hydrogen-bond acceptors (Lipinski definition) is 3. The Morgan fingerprint density at radius 2 is 1.87 bits per heavy atom. The van der Waals surface area contributed by atoms with Gasteiger partial charge in [0.1, 0.15) is 0 Å². The van der Waals surface area contributed by atoms with E-state index in [0.29, 0.717) is 12.8 Å². The molecule has 2 amide bonds. The van der Waals surface area contributed by atoms with Gasteiger partial charge in [0, 0.05) is 25.2 Å². The summed E-state index contributed by atoms with van der Waals surface area (Å²) in [5.74, 6) is -0.132. The lowest BCUT2D eigenvalue weighted by molar-refractivity contribution is -0.132. The number of amides is 2. The van der Waals surface area contributed by atoms with Crippen LogP contribution in [0.5, 0.6) is 0 Å². The van der Waals surface area contributed by atoms with Gasteiger partial charge in [0.2, 0.25) is 5.91 Å². The van der Waals surface area contributed by atoms with E-state index in [9.17, 15) is 9.59 Å². The Kier molecular flexibility index (Phi) is 4.74. The fraction of sp³-hybridized carbons (Fsp3) is 0.500. The van der Waals surface area contributed by atoms with Crippen LogP contribution in [-0.2, 0) is 9.59 Å². The molecule has 5 heteroatoms. The van der Waals surface area contributed by atoms with E-state index in [2.05, 4.69) is 5.10 Å². The van der Waals surface area contributed by atoms with Crippen LogP contribution in [0.25, 0.3) is 0 Å². The van der Waals surface area contributed by atoms with E-state index in [1.54, 1.807) is 0 Å². The highest BCUT2D eigenvalue weighted by molar-refractivity contribution is 6.14. The number of benzene rings is 1. The third-order valence-electron chi connectivity index (χ3n) is 4.63. The third kappa shape index (κ3) is 3.44. The summed E-state index contributed by atoms with van der Waals surface area (Å²) < 4.78 is 0. The molecular weight excluding hydrogens is 290 g/mol. The Labute approximate surface area is 137 Å². The van der Waals surface area contributed by atoms with Crippen LogP contribution in [-0.4, -0.2) is 35.5 Å². The minimum absolute atomic E-state index is 0.0276. The lowest BCUT2D eigenvalue weighted by atomic mass is 9.97. The van der Waals surface area contributed by atoms with E-state index in [0.717, 1.165) is 37.3 Å². The quantitative estimate of drug-likeness (QED) is 0.858. The fourth-order valence-electron chi connectivity index (χ4n) is 3.26. The Balaban J connectivity index is 1.59. The summed E-state index contributed by atoms with van der Waals surface area (Å²) in [6.07, 6.45) is 4.37. The molecule has 0 N–H and O–H groups in total. The summed E-state index contributed by atoms with van der Waals surface area (Å²) in [5.41, 5.74) is 1.58. The SMILES string of the molecule is CC1=NN(c2ccccc2)C(=O)[C@@H]1CCC(=O)N1CCCCC1. The standard InChI is InChI=1S/C18H23N3O2/c1-14-16(10-11-17(22)20-12-6-3-7-13-20)18(23)21(19-14)15-8-4-2-5-9-15/h2,4-5,8-9,16H,3,6-7,10-13H2,1H3/t16-/m1/s1. The molecule has 1 aromatic rings. The molecule has 1 aromatic carbocycles. The number of anilines is 1. The smallest absolute Gasteiger partial charge is 0.256 e. The number of rotatable bonds is 4. The number of carbonyl (C=O) groups is 2. The Bertz CT molecular complexity index is 606. The molecule has 5 nitrogen and oxygen atoms in total. The number of para-hydroxylation sites is 1. The molecule has 0 radical (unpaired) electrons. The predicted octanol–water partition coefficient (Wildman–Crippen LogP) is 2.82. The van der Waals surface area contributed by atoms with Crippen molar-refractivity contribution in [2.24, 2.45) is 11.0 Å². The summed E-state index contributed by atoms with van der Waals surface area (Å²) in [6.45, 7) is 3.60. The van der Waals surface area contributed by atoms with E-state index in [-0.39, 0.29) is 17.7 Å². The number of hydrogen-bond donors (Lipinski definition) is 0. The predicted molar refractivity (Wildman–Crippen MR) is 90.2 cm³/mol. The van der Waals surface area contributed by atoms with Gasteiger partial charge in [0.05, 0.1) is 11.6 Å². The van der Waals surface area contributed by atoms with E-state index >= 15 is 0 Å². The molecule has 0 unspecified atom stereocenters. The van der Waals surface area contributed by atoms with Crippen LogP contribution in [0.3, 0.4) is 0 Å². The zero-order valence-corrected chi connectivity index (χ0v) is 13.6. The number of likely N-dealkylation sites (tertiary alicyclic amines) is 1. The third-order valence-corrected chi connectivity index (χ3v) is 4.63. The van der Waals surface area contributed by atoms with Crippen LogP contribution in [0.1, 0.15) is 39.0 Å². The molecule has 1 saturated heterocycles. The molecule has 122 valence electrons. The van der Waals surface area contributed by atoms with Crippen LogP contribution in [0.2, 0.25) is 0 Å². The Morgan fingerprint density at radius 3 is 2.57 bits per heavy atom. The molecule has 0 saturated carbocycles. The first kappa shape index (κ1) is 15.7. The van der Waals surface area contributed by atoms with Crippen molar-refractivity contribution in [2.75, 3.05) is 18.1 Å². The molecule has 23 heavy (non-hydrogen) atoms. The highest BCUT2D eigenvalue weighted by atomic mass is 16.2. The first-order valence-corrected chi connectivity index (χ1v) is 8.38. The summed E-state index contributed by atoms with van der Waals surface area (Å²) in [7, 11) is 0. The summed E-state index contributed by atoms with van der Waals surface area (Å²) >= 11 is 0. The zero-order valence-electron chi connectivity index (χ0n) is 13.6. The number of hydrazone groups is 1. The fourth-order valence-corrected chi connectivity index (χ4v) is 3.26. The van der Waals surface area contributed by atoms with Crippen molar-refractivity contribution in [3.63, 3.8) is 0 Å². The molecule has 2 aliphatic heterocycles. The van der Waals surface area contributed by atoms with Crippen LogP contribution in [0.15, 0.2) is 35.4 Å². The highest BCUT2D eigenvalue weighted by Gasteiger charge is 2.34. The maximum Gasteiger partial charge on any atom is 0.256 e. The highest BCUT2D eigenvalue weighted by Crippen LogP contribution is 2.26. The van der Waals surface area contributed by atoms with Crippen molar-refractivity contribution in [1.29, 1.82) is 0 Å². The Morgan fingerprint density at radius 1 is 1.17 bits per heavy atom. The van der Waals surface area contributed by atoms with Crippen LogP contribution in [0, 0.1) is 5.92 Å². The van der Waals surface area contributed by atoms with Crippen molar-refractivity contribution >= 4 is 23.2 Å². The van der Waals surface area contributed by atoms with Gasteiger partial charge < -0.3 is 4.90 Å². The first-order valence-electron chi connectivity index (χ1n) is 8.38. The van der Waals surface area contributed by atoms with Crippen LogP contribution < -0.4 is 5.01 Å². The van der Waals surface area contributed by atoms with E-state index in [4.69, 9.17) is 0 Å². The average molecular weight is 313 g/mol. The minimum Gasteiger partial charge on any atom is -0.343 e. The maximum absolute atomic E-state index is 12.6. The van der Waals surface area contributed by atoms with Crippen molar-refractivity contribution in [2.45, 2.75) is 39.0 Å². The van der Waals surface area contributed by atoms with Gasteiger partial charge in [0.15, 0.2) is 0 Å². The maximum atomic E-state index is 12.6. The molecule has 0 spiro atoms. The van der Waals surface area contributed by atoms with E-state index < -0.39 is 0 Å². The van der Waals surface area contributed by atoms with Gasteiger partial charge >= 0.3 is 0 Å². The van der Waals surface area contributed by atoms with Crippen molar-refractivity contribution < 1.29 is 9.59 Å². The zero-order chi connectivity index (χ0) is 16.2. The molecule has 2 aliphatic rings. The summed E-state index contributed by atoms with van der Waals surface area (Å²) in [6, 6.07) is 9.43. The molecule has 0 aromatic heterocycles. The molecule has 3 rings (SSSR count). The topological polar surface area (TPSA) is 53.0 Å². The second kappa shape index (κ2) is 6.94. The lowest BCUT2D eigenvalue weighted by Crippen LogP contribution is -2.36. The second-order valence-electron chi connectivity index (χ2n) is 6.26. The lowest BCUT2D eigenvalue weighted by Gasteiger charge is -2.27. The molecule has 0 aliphatic carbocycles. The van der Waals surface area contributed by atoms with Gasteiger partial charge in [-0.2, -0.15) is 5.10 Å². The number of carbonyl (C=O) groups excluding carboxylic acids is 2. The second-order valence-corrected chi connectivity index (χ2v) is 6.26. The molecule has 0 bridgehead atoms. The van der Waals surface area contributed by atoms with Crippen molar-refractivity contribution in [3.8, 4) is 0 Å². The van der Waals surface area contributed by atoms with Crippen molar-refractivity contribution in [1.82, 2.24) is 4.90 Å².